The molecule has 0 spiro atoms. The highest BCUT2D eigenvalue weighted by Crippen LogP contribution is 2.23. The highest BCUT2D eigenvalue weighted by Gasteiger charge is 2.30. The van der Waals surface area contributed by atoms with Crippen LogP contribution in [0.15, 0.2) is 0 Å². The lowest BCUT2D eigenvalue weighted by atomic mass is 10.0. The Morgan fingerprint density at radius 2 is 0.786 bits per heavy atom. The summed E-state index contributed by atoms with van der Waals surface area (Å²) in [5.41, 5.74) is 0. The molecule has 0 radical (unpaired) electrons. The minimum Gasteiger partial charge on any atom is -0.324 e. The molecule has 168 valence electrons. The molecule has 0 aromatic heterocycles. The Morgan fingerprint density at radius 1 is 0.464 bits per heavy atom. The van der Waals surface area contributed by atoms with Crippen molar-refractivity contribution < 1.29 is 4.48 Å². The summed E-state index contributed by atoms with van der Waals surface area (Å²) in [5.74, 6) is 1.78. The molecule has 1 nitrogen and oxygen atoms in total. The van der Waals surface area contributed by atoms with Gasteiger partial charge in [-0.1, -0.05) is 98.3 Å². The molecule has 1 fully saturated rings. The Kier molecular flexibility index (Phi) is 15.5. The molecular weight excluding hydrogens is 338 g/mol. The van der Waals surface area contributed by atoms with Crippen LogP contribution in [-0.2, 0) is 0 Å². The van der Waals surface area contributed by atoms with Crippen LogP contribution in [0.1, 0.15) is 137 Å². The molecule has 0 saturated carbocycles. The molecule has 1 saturated heterocycles. The SMILES string of the molecule is CC(C)CCCCCCCCCCCC[N+]1(CCCCCC(C)C)CCCC1. The zero-order valence-corrected chi connectivity index (χ0v) is 20.5. The molecule has 0 unspecified atom stereocenters. The molecule has 0 aliphatic carbocycles. The molecule has 0 atom stereocenters. The van der Waals surface area contributed by atoms with E-state index in [1.54, 1.807) is 0 Å². The molecule has 28 heavy (non-hydrogen) atoms. The summed E-state index contributed by atoms with van der Waals surface area (Å²) in [4.78, 5) is 0. The number of nitrogens with zero attached hydrogens (tertiary/aromatic N) is 1. The van der Waals surface area contributed by atoms with E-state index >= 15 is 0 Å². The van der Waals surface area contributed by atoms with Crippen molar-refractivity contribution in [3.63, 3.8) is 0 Å². The van der Waals surface area contributed by atoms with Crippen LogP contribution < -0.4 is 0 Å². The highest BCUT2D eigenvalue weighted by molar-refractivity contribution is 4.58. The van der Waals surface area contributed by atoms with E-state index in [0.29, 0.717) is 0 Å². The lowest BCUT2D eigenvalue weighted by molar-refractivity contribution is -0.917. The van der Waals surface area contributed by atoms with Crippen molar-refractivity contribution in [1.29, 1.82) is 0 Å². The fourth-order valence-electron chi connectivity index (χ4n) is 5.16. The van der Waals surface area contributed by atoms with Crippen LogP contribution in [0.5, 0.6) is 0 Å². The Bertz CT molecular complexity index is 327. The smallest absolute Gasteiger partial charge is 0.0788 e. The van der Waals surface area contributed by atoms with E-state index in [4.69, 9.17) is 0 Å². The summed E-state index contributed by atoms with van der Waals surface area (Å²) in [7, 11) is 0. The molecule has 0 bridgehead atoms. The van der Waals surface area contributed by atoms with Gasteiger partial charge in [0.25, 0.3) is 0 Å². The molecule has 1 rings (SSSR count). The quantitative estimate of drug-likeness (QED) is 0.152. The van der Waals surface area contributed by atoms with E-state index in [2.05, 4.69) is 27.7 Å². The topological polar surface area (TPSA) is 0 Å². The van der Waals surface area contributed by atoms with Crippen molar-refractivity contribution >= 4 is 0 Å². The Hall–Kier alpha value is -0.0400. The Morgan fingerprint density at radius 3 is 1.18 bits per heavy atom. The van der Waals surface area contributed by atoms with E-state index < -0.39 is 0 Å². The average Bonchev–Trinajstić information content (AvgIpc) is 3.11. The highest BCUT2D eigenvalue weighted by atomic mass is 15.4. The third kappa shape index (κ3) is 14.0. The summed E-state index contributed by atoms with van der Waals surface area (Å²) in [6.07, 6.45) is 25.0. The molecule has 0 amide bonds. The van der Waals surface area contributed by atoms with Crippen LogP contribution in [0.25, 0.3) is 0 Å². The first-order valence-electron chi connectivity index (χ1n) is 13.4. The van der Waals surface area contributed by atoms with E-state index in [9.17, 15) is 0 Å². The van der Waals surface area contributed by atoms with Gasteiger partial charge in [-0.3, -0.25) is 0 Å². The molecule has 1 heteroatoms. The zero-order valence-electron chi connectivity index (χ0n) is 20.5. The first kappa shape index (κ1) is 26.0. The fraction of sp³-hybridized carbons (Fsp3) is 1.00. The number of likely N-dealkylation sites (tertiary alicyclic amines) is 1. The lowest BCUT2D eigenvalue weighted by Crippen LogP contribution is -2.46. The summed E-state index contributed by atoms with van der Waals surface area (Å²) in [6, 6.07) is 0. The van der Waals surface area contributed by atoms with Gasteiger partial charge in [0.2, 0.25) is 0 Å². The largest absolute Gasteiger partial charge is 0.324 e. The standard InChI is InChI=1S/C27H56N/c1-26(2)20-14-11-9-7-5-6-8-10-12-16-22-28(24-18-19-25-28)23-17-13-15-21-27(3)4/h26-27H,5-25H2,1-4H3/q+1. The van der Waals surface area contributed by atoms with Gasteiger partial charge in [-0.2, -0.15) is 0 Å². The maximum atomic E-state index is 2.36. The van der Waals surface area contributed by atoms with Gasteiger partial charge in [0.05, 0.1) is 26.2 Å². The third-order valence-electron chi connectivity index (χ3n) is 7.09. The molecular formula is C27H56N+. The number of hydrogen-bond donors (Lipinski definition) is 0. The average molecular weight is 395 g/mol. The van der Waals surface area contributed by atoms with E-state index in [1.165, 1.54) is 140 Å². The third-order valence-corrected chi connectivity index (χ3v) is 7.09. The van der Waals surface area contributed by atoms with E-state index in [-0.39, 0.29) is 0 Å². The number of hydrogen-bond acceptors (Lipinski definition) is 0. The van der Waals surface area contributed by atoms with Gasteiger partial charge in [-0.05, 0) is 37.5 Å². The maximum Gasteiger partial charge on any atom is 0.0788 e. The normalized spacial score (nSPS) is 16.5. The van der Waals surface area contributed by atoms with Crippen molar-refractivity contribution in [2.24, 2.45) is 11.8 Å². The van der Waals surface area contributed by atoms with E-state index in [0.717, 1.165) is 11.8 Å². The molecule has 0 aromatic carbocycles. The minimum atomic E-state index is 0.889. The minimum absolute atomic E-state index is 0.889. The van der Waals surface area contributed by atoms with Gasteiger partial charge in [-0.25, -0.2) is 0 Å². The summed E-state index contributed by atoms with van der Waals surface area (Å²) < 4.78 is 1.48. The van der Waals surface area contributed by atoms with Crippen LogP contribution in [0.2, 0.25) is 0 Å². The molecule has 1 aliphatic heterocycles. The fourth-order valence-corrected chi connectivity index (χ4v) is 5.16. The Labute approximate surface area is 179 Å². The summed E-state index contributed by atoms with van der Waals surface area (Å²) in [6.45, 7) is 15.4. The first-order valence-corrected chi connectivity index (χ1v) is 13.4. The van der Waals surface area contributed by atoms with Crippen LogP contribution >= 0.6 is 0 Å². The lowest BCUT2D eigenvalue weighted by Gasteiger charge is -2.34. The van der Waals surface area contributed by atoms with Crippen LogP contribution in [0.3, 0.4) is 0 Å². The first-order chi connectivity index (χ1) is 13.5. The van der Waals surface area contributed by atoms with Crippen LogP contribution in [0.4, 0.5) is 0 Å². The van der Waals surface area contributed by atoms with Crippen molar-refractivity contribution in [1.82, 2.24) is 0 Å². The Balaban J connectivity index is 1.95. The van der Waals surface area contributed by atoms with Crippen LogP contribution in [-0.4, -0.2) is 30.7 Å². The zero-order chi connectivity index (χ0) is 20.5. The van der Waals surface area contributed by atoms with Gasteiger partial charge in [0.1, 0.15) is 0 Å². The number of rotatable bonds is 19. The van der Waals surface area contributed by atoms with Gasteiger partial charge in [0, 0.05) is 12.8 Å². The summed E-state index contributed by atoms with van der Waals surface area (Å²) >= 11 is 0. The summed E-state index contributed by atoms with van der Waals surface area (Å²) in [5, 5.41) is 0. The molecule has 0 aromatic rings. The molecule has 0 N–H and O–H groups in total. The van der Waals surface area contributed by atoms with Gasteiger partial charge >= 0.3 is 0 Å². The predicted octanol–water partition coefficient (Wildman–Crippen LogP) is 8.76. The van der Waals surface area contributed by atoms with Gasteiger partial charge in [0.15, 0.2) is 0 Å². The maximum absolute atomic E-state index is 2.36. The van der Waals surface area contributed by atoms with Crippen LogP contribution in [0, 0.1) is 11.8 Å². The number of unbranched alkanes of at least 4 members (excludes halogenated alkanes) is 11. The predicted molar refractivity (Wildman–Crippen MR) is 128 cm³/mol. The molecule has 1 aliphatic rings. The van der Waals surface area contributed by atoms with Gasteiger partial charge in [-0.15, -0.1) is 0 Å². The number of quaternary nitrogens is 1. The second kappa shape index (κ2) is 16.7. The van der Waals surface area contributed by atoms with Gasteiger partial charge < -0.3 is 4.48 Å². The second-order valence-corrected chi connectivity index (χ2v) is 10.9. The monoisotopic (exact) mass is 394 g/mol. The van der Waals surface area contributed by atoms with Crippen molar-refractivity contribution in [2.75, 3.05) is 26.2 Å². The van der Waals surface area contributed by atoms with E-state index in [1.807, 2.05) is 0 Å². The van der Waals surface area contributed by atoms with Crippen molar-refractivity contribution in [3.8, 4) is 0 Å². The van der Waals surface area contributed by atoms with Crippen molar-refractivity contribution in [2.45, 2.75) is 137 Å². The van der Waals surface area contributed by atoms with Crippen molar-refractivity contribution in [3.05, 3.63) is 0 Å². The molecule has 1 heterocycles. The second-order valence-electron chi connectivity index (χ2n) is 10.9.